The maximum atomic E-state index is 12.9. The van der Waals surface area contributed by atoms with Gasteiger partial charge in [0.05, 0.1) is 22.9 Å². The van der Waals surface area contributed by atoms with Gasteiger partial charge in [-0.3, -0.25) is 9.69 Å². The highest BCUT2D eigenvalue weighted by Gasteiger charge is 2.21. The number of aromatic nitrogens is 1. The smallest absolute Gasteiger partial charge is 0.255 e. The van der Waals surface area contributed by atoms with Gasteiger partial charge >= 0.3 is 0 Å². The van der Waals surface area contributed by atoms with Crippen LogP contribution in [-0.4, -0.2) is 62.2 Å². The number of hydrogen-bond donors (Lipinski definition) is 1. The molecule has 6 nitrogen and oxygen atoms in total. The van der Waals surface area contributed by atoms with E-state index in [0.717, 1.165) is 54.1 Å². The highest BCUT2D eigenvalue weighted by Crippen LogP contribution is 2.32. The molecule has 0 atom stereocenters. The number of anilines is 1. The van der Waals surface area contributed by atoms with Crippen LogP contribution in [0.4, 0.5) is 5.13 Å². The maximum absolute atomic E-state index is 12.9. The van der Waals surface area contributed by atoms with Crippen LogP contribution in [0.15, 0.2) is 48.5 Å². The lowest BCUT2D eigenvalue weighted by Gasteiger charge is -2.34. The van der Waals surface area contributed by atoms with Gasteiger partial charge in [-0.1, -0.05) is 41.7 Å². The minimum atomic E-state index is -0.0959. The summed E-state index contributed by atoms with van der Waals surface area (Å²) in [7, 11) is 1.61. The first-order chi connectivity index (χ1) is 16.5. The number of ether oxygens (including phenoxy) is 1. The third kappa shape index (κ3) is 4.45. The molecule has 1 fully saturated rings. The van der Waals surface area contributed by atoms with Crippen LogP contribution in [0.25, 0.3) is 21.0 Å². The Bertz CT molecular complexity index is 1340. The fraction of sp³-hybridized carbons (Fsp3) is 0.333. The molecule has 5 rings (SSSR count). The molecule has 1 saturated heterocycles. The third-order valence-electron chi connectivity index (χ3n) is 6.74. The van der Waals surface area contributed by atoms with Gasteiger partial charge in [0.1, 0.15) is 5.75 Å². The molecule has 1 aliphatic heterocycles. The Hall–Kier alpha value is -3.16. The Morgan fingerprint density at radius 3 is 2.53 bits per heavy atom. The topological polar surface area (TPSA) is 57.7 Å². The van der Waals surface area contributed by atoms with Gasteiger partial charge in [0.25, 0.3) is 5.91 Å². The number of piperazine rings is 1. The molecule has 7 heteroatoms. The molecular weight excluding hydrogens is 444 g/mol. The first-order valence-electron chi connectivity index (χ1n) is 11.7. The van der Waals surface area contributed by atoms with E-state index in [-0.39, 0.29) is 5.91 Å². The Labute approximate surface area is 204 Å². The fourth-order valence-electron chi connectivity index (χ4n) is 4.50. The predicted octanol–water partition coefficient (Wildman–Crippen LogP) is 4.63. The van der Waals surface area contributed by atoms with E-state index in [2.05, 4.69) is 41.1 Å². The third-order valence-corrected chi connectivity index (χ3v) is 7.82. The zero-order valence-electron chi connectivity index (χ0n) is 19.9. The average Bonchev–Trinajstić information content (AvgIpc) is 3.31. The Balaban J connectivity index is 1.15. The van der Waals surface area contributed by atoms with Crippen LogP contribution in [-0.2, 0) is 0 Å². The van der Waals surface area contributed by atoms with Crippen molar-refractivity contribution in [2.45, 2.75) is 13.8 Å². The zero-order chi connectivity index (χ0) is 23.7. The number of aryl methyl sites for hydroxylation is 2. The van der Waals surface area contributed by atoms with E-state index in [1.165, 1.54) is 15.8 Å². The van der Waals surface area contributed by atoms with E-state index in [1.54, 1.807) is 18.4 Å². The van der Waals surface area contributed by atoms with E-state index in [4.69, 9.17) is 9.72 Å². The predicted molar refractivity (Wildman–Crippen MR) is 141 cm³/mol. The van der Waals surface area contributed by atoms with Crippen LogP contribution in [0.3, 0.4) is 0 Å². The summed E-state index contributed by atoms with van der Waals surface area (Å²) in [5.74, 6) is 0.507. The Morgan fingerprint density at radius 2 is 1.79 bits per heavy atom. The molecule has 3 aromatic carbocycles. The molecule has 34 heavy (non-hydrogen) atoms. The van der Waals surface area contributed by atoms with Gasteiger partial charge in [-0.15, -0.1) is 0 Å². The number of hydrogen-bond acceptors (Lipinski definition) is 6. The van der Waals surface area contributed by atoms with Gasteiger partial charge in [-0.25, -0.2) is 4.98 Å². The van der Waals surface area contributed by atoms with Crippen molar-refractivity contribution >= 4 is 43.4 Å². The molecule has 0 unspecified atom stereocenters. The van der Waals surface area contributed by atoms with Crippen LogP contribution in [0.5, 0.6) is 5.75 Å². The number of benzene rings is 3. The number of methoxy groups -OCH3 is 1. The molecule has 0 bridgehead atoms. The lowest BCUT2D eigenvalue weighted by Crippen LogP contribution is -2.48. The van der Waals surface area contributed by atoms with E-state index < -0.39 is 0 Å². The molecule has 1 aromatic heterocycles. The number of thiazole rings is 1. The molecule has 1 amide bonds. The molecular formula is C27H30N4O2S. The summed E-state index contributed by atoms with van der Waals surface area (Å²) in [5, 5.41) is 6.28. The van der Waals surface area contributed by atoms with E-state index in [9.17, 15) is 4.79 Å². The van der Waals surface area contributed by atoms with Crippen LogP contribution in [0.1, 0.15) is 21.5 Å². The van der Waals surface area contributed by atoms with E-state index >= 15 is 0 Å². The Morgan fingerprint density at radius 1 is 1.06 bits per heavy atom. The summed E-state index contributed by atoms with van der Waals surface area (Å²) in [5.41, 5.74) is 4.27. The first kappa shape index (κ1) is 22.6. The Kier molecular flexibility index (Phi) is 6.39. The average molecular weight is 475 g/mol. The van der Waals surface area contributed by atoms with Crippen molar-refractivity contribution in [1.82, 2.24) is 15.2 Å². The second kappa shape index (κ2) is 9.60. The second-order valence-corrected chi connectivity index (χ2v) is 9.84. The molecule has 0 radical (unpaired) electrons. The van der Waals surface area contributed by atoms with E-state index in [1.807, 2.05) is 36.4 Å². The number of carbonyl (C=O) groups is 1. The van der Waals surface area contributed by atoms with E-state index in [0.29, 0.717) is 17.9 Å². The summed E-state index contributed by atoms with van der Waals surface area (Å²) in [6, 6.07) is 16.2. The standard InChI is InChI=1S/C27H30N4O2S/c1-18-8-9-24-25(19(18)2)29-27(34-24)31-14-12-30(13-15-31)11-10-28-26(32)22-16-20-6-4-5-7-21(20)17-23(22)33-3/h4-9,16-17H,10-15H2,1-3H3,(H,28,32). The minimum Gasteiger partial charge on any atom is -0.496 e. The summed E-state index contributed by atoms with van der Waals surface area (Å²) in [4.78, 5) is 22.6. The van der Waals surface area contributed by atoms with Crippen LogP contribution < -0.4 is 15.0 Å². The lowest BCUT2D eigenvalue weighted by atomic mass is 10.1. The van der Waals surface area contributed by atoms with Crippen LogP contribution in [0.2, 0.25) is 0 Å². The van der Waals surface area contributed by atoms with Crippen molar-refractivity contribution in [1.29, 1.82) is 0 Å². The van der Waals surface area contributed by atoms with Crippen molar-refractivity contribution in [3.8, 4) is 5.75 Å². The molecule has 176 valence electrons. The van der Waals surface area contributed by atoms with Crippen molar-refractivity contribution in [3.63, 3.8) is 0 Å². The molecule has 0 saturated carbocycles. The van der Waals surface area contributed by atoms with Crippen LogP contribution in [0, 0.1) is 13.8 Å². The normalized spacial score (nSPS) is 14.6. The van der Waals surface area contributed by atoms with Crippen LogP contribution >= 0.6 is 11.3 Å². The summed E-state index contributed by atoms with van der Waals surface area (Å²) in [6.07, 6.45) is 0. The number of nitrogens with zero attached hydrogens (tertiary/aromatic N) is 3. The molecule has 0 spiro atoms. The SMILES string of the molecule is COc1cc2ccccc2cc1C(=O)NCCN1CCN(c2nc3c(C)c(C)ccc3s2)CC1. The van der Waals surface area contributed by atoms with Crippen molar-refractivity contribution in [2.24, 2.45) is 0 Å². The highest BCUT2D eigenvalue weighted by atomic mass is 32.1. The molecule has 0 aliphatic carbocycles. The van der Waals surface area contributed by atoms with Gasteiger partial charge in [-0.2, -0.15) is 0 Å². The number of carbonyl (C=O) groups excluding carboxylic acids is 1. The zero-order valence-corrected chi connectivity index (χ0v) is 20.7. The highest BCUT2D eigenvalue weighted by molar-refractivity contribution is 7.22. The summed E-state index contributed by atoms with van der Waals surface area (Å²) in [6.45, 7) is 9.55. The molecule has 4 aromatic rings. The van der Waals surface area contributed by atoms with Crippen molar-refractivity contribution < 1.29 is 9.53 Å². The molecule has 1 N–H and O–H groups in total. The summed E-state index contributed by atoms with van der Waals surface area (Å²) >= 11 is 1.78. The quantitative estimate of drug-likeness (QED) is 0.442. The first-order valence-corrected chi connectivity index (χ1v) is 12.5. The number of rotatable bonds is 6. The number of nitrogens with one attached hydrogen (secondary N) is 1. The fourth-order valence-corrected chi connectivity index (χ4v) is 5.58. The van der Waals surface area contributed by atoms with Gasteiger partial charge in [-0.05, 0) is 53.9 Å². The second-order valence-electron chi connectivity index (χ2n) is 8.83. The lowest BCUT2D eigenvalue weighted by molar-refractivity contribution is 0.0945. The molecule has 1 aliphatic rings. The van der Waals surface area contributed by atoms with Crippen molar-refractivity contribution in [2.75, 3.05) is 51.3 Å². The number of amides is 1. The molecule has 2 heterocycles. The van der Waals surface area contributed by atoms with Gasteiger partial charge in [0.15, 0.2) is 5.13 Å². The van der Waals surface area contributed by atoms with Gasteiger partial charge < -0.3 is 15.0 Å². The van der Waals surface area contributed by atoms with Gasteiger partial charge in [0.2, 0.25) is 0 Å². The maximum Gasteiger partial charge on any atom is 0.255 e. The summed E-state index contributed by atoms with van der Waals surface area (Å²) < 4.78 is 6.74. The van der Waals surface area contributed by atoms with Gasteiger partial charge in [0, 0.05) is 39.3 Å². The largest absolute Gasteiger partial charge is 0.496 e. The van der Waals surface area contributed by atoms with Crippen molar-refractivity contribution in [3.05, 3.63) is 65.2 Å². The minimum absolute atomic E-state index is 0.0959. The monoisotopic (exact) mass is 474 g/mol. The number of fused-ring (bicyclic) bond motifs is 2.